The van der Waals surface area contributed by atoms with Crippen molar-refractivity contribution in [2.24, 2.45) is 0 Å². The number of carbonyl (C=O) groups excluding carboxylic acids is 1. The van der Waals surface area contributed by atoms with E-state index in [-0.39, 0.29) is 36.8 Å². The molecule has 2 N–H and O–H groups in total. The lowest BCUT2D eigenvalue weighted by Crippen LogP contribution is -2.51. The van der Waals surface area contributed by atoms with Crippen LogP contribution in [-0.4, -0.2) is 68.2 Å². The third-order valence-electron chi connectivity index (χ3n) is 4.20. The molecule has 1 amide bonds. The summed E-state index contributed by atoms with van der Waals surface area (Å²) in [6.07, 6.45) is 0.00576. The molecule has 1 saturated heterocycles. The van der Waals surface area contributed by atoms with Gasteiger partial charge in [0.2, 0.25) is 10.0 Å². The normalized spacial score (nSPS) is 15.8. The second-order valence-corrected chi connectivity index (χ2v) is 8.59. The summed E-state index contributed by atoms with van der Waals surface area (Å²) in [6, 6.07) is 5.25. The van der Waals surface area contributed by atoms with E-state index < -0.39 is 10.0 Å². The number of aryl methyl sites for hydroxylation is 1. The summed E-state index contributed by atoms with van der Waals surface area (Å²) in [6.45, 7) is 7.14. The summed E-state index contributed by atoms with van der Waals surface area (Å²) >= 11 is 0. The Morgan fingerprint density at radius 1 is 1.23 bits per heavy atom. The van der Waals surface area contributed by atoms with Gasteiger partial charge in [0.05, 0.1) is 18.5 Å². The minimum Gasteiger partial charge on any atom is -0.399 e. The maximum absolute atomic E-state index is 12.7. The number of carbonyl (C=O) groups is 1. The topological polar surface area (TPSA) is 92.9 Å². The number of hydrogen-bond donors (Lipinski definition) is 1. The van der Waals surface area contributed by atoms with Crippen LogP contribution in [0.2, 0.25) is 0 Å². The molecule has 7 nitrogen and oxygen atoms in total. The van der Waals surface area contributed by atoms with Crippen LogP contribution in [0.1, 0.15) is 29.8 Å². The molecule has 1 aliphatic heterocycles. The lowest BCUT2D eigenvalue weighted by Gasteiger charge is -2.34. The molecule has 1 aromatic carbocycles. The Bertz CT molecular complexity index is 717. The van der Waals surface area contributed by atoms with Gasteiger partial charge in [-0.3, -0.25) is 4.79 Å². The molecule has 0 aliphatic carbocycles. The van der Waals surface area contributed by atoms with E-state index >= 15 is 0 Å². The molecule has 0 atom stereocenters. The Kier molecular flexibility index (Phi) is 8.33. The van der Waals surface area contributed by atoms with Crippen molar-refractivity contribution in [3.8, 4) is 0 Å². The highest BCUT2D eigenvalue weighted by Crippen LogP contribution is 2.17. The molecule has 1 aliphatic rings. The Hall–Kier alpha value is -1.35. The summed E-state index contributed by atoms with van der Waals surface area (Å²) in [5.41, 5.74) is 7.75. The van der Waals surface area contributed by atoms with Crippen LogP contribution in [0.15, 0.2) is 18.2 Å². The summed E-state index contributed by atoms with van der Waals surface area (Å²) in [4.78, 5) is 14.3. The fraction of sp³-hybridized carbons (Fsp3) is 0.588. The van der Waals surface area contributed by atoms with E-state index in [9.17, 15) is 13.2 Å². The molecule has 9 heteroatoms. The first-order valence-corrected chi connectivity index (χ1v) is 10.1. The predicted molar refractivity (Wildman–Crippen MR) is 105 cm³/mol. The SMILES string of the molecule is Cc1ccc(N)cc1C(=O)N1CCN(S(=O)(=O)CCOC(C)C)CC1.Cl. The molecule has 1 heterocycles. The number of ether oxygens (including phenoxy) is 1. The number of amides is 1. The van der Waals surface area contributed by atoms with Crippen molar-refractivity contribution in [1.82, 2.24) is 9.21 Å². The van der Waals surface area contributed by atoms with Gasteiger partial charge >= 0.3 is 0 Å². The summed E-state index contributed by atoms with van der Waals surface area (Å²) in [5, 5.41) is 0. The van der Waals surface area contributed by atoms with Gasteiger partial charge in [0.15, 0.2) is 0 Å². The minimum atomic E-state index is -3.36. The van der Waals surface area contributed by atoms with E-state index in [0.717, 1.165) is 5.56 Å². The Balaban J connectivity index is 0.00000338. The molecule has 0 unspecified atom stereocenters. The third-order valence-corrected chi connectivity index (χ3v) is 6.04. The van der Waals surface area contributed by atoms with E-state index in [4.69, 9.17) is 10.5 Å². The van der Waals surface area contributed by atoms with Gasteiger partial charge in [-0.2, -0.15) is 4.31 Å². The molecule has 2 rings (SSSR count). The second-order valence-electron chi connectivity index (χ2n) is 6.50. The number of nitrogen functional groups attached to an aromatic ring is 1. The average molecular weight is 406 g/mol. The number of anilines is 1. The fourth-order valence-electron chi connectivity index (χ4n) is 2.73. The smallest absolute Gasteiger partial charge is 0.254 e. The van der Waals surface area contributed by atoms with E-state index in [1.165, 1.54) is 4.31 Å². The monoisotopic (exact) mass is 405 g/mol. The molecule has 0 aromatic heterocycles. The van der Waals surface area contributed by atoms with E-state index in [0.29, 0.717) is 37.4 Å². The third kappa shape index (κ3) is 5.84. The standard InChI is InChI=1S/C17H27N3O4S.ClH/c1-13(2)24-10-11-25(22,23)20-8-6-19(7-9-20)17(21)16-12-15(18)5-4-14(16)3;/h4-5,12-13H,6-11,18H2,1-3H3;1H. The molecule has 148 valence electrons. The summed E-state index contributed by atoms with van der Waals surface area (Å²) < 4.78 is 31.4. The van der Waals surface area contributed by atoms with Crippen molar-refractivity contribution in [1.29, 1.82) is 0 Å². The zero-order valence-corrected chi connectivity index (χ0v) is 17.1. The first-order valence-electron chi connectivity index (χ1n) is 8.45. The number of nitrogens with zero attached hydrogens (tertiary/aromatic N) is 2. The molecular weight excluding hydrogens is 378 g/mol. The van der Waals surface area contributed by atoms with Gasteiger partial charge in [0.25, 0.3) is 5.91 Å². The zero-order valence-electron chi connectivity index (χ0n) is 15.5. The Morgan fingerprint density at radius 2 is 1.85 bits per heavy atom. The van der Waals surface area contributed by atoms with Crippen LogP contribution in [-0.2, 0) is 14.8 Å². The number of piperazine rings is 1. The van der Waals surface area contributed by atoms with E-state index in [2.05, 4.69) is 0 Å². The molecular formula is C17H28ClN3O4S. The molecule has 1 aromatic rings. The van der Waals surface area contributed by atoms with Crippen molar-refractivity contribution in [2.75, 3.05) is 44.3 Å². The fourth-order valence-corrected chi connectivity index (χ4v) is 4.01. The summed E-state index contributed by atoms with van der Waals surface area (Å²) in [5.74, 6) is -0.141. The van der Waals surface area contributed by atoms with Gasteiger partial charge in [-0.1, -0.05) is 6.07 Å². The van der Waals surface area contributed by atoms with Gasteiger partial charge in [-0.05, 0) is 38.5 Å². The van der Waals surface area contributed by atoms with Crippen LogP contribution in [0, 0.1) is 6.92 Å². The number of hydrogen-bond acceptors (Lipinski definition) is 5. The maximum Gasteiger partial charge on any atom is 0.254 e. The number of halogens is 1. The molecule has 1 fully saturated rings. The molecule has 0 bridgehead atoms. The lowest BCUT2D eigenvalue weighted by molar-refractivity contribution is 0.0693. The van der Waals surface area contributed by atoms with Gasteiger partial charge in [-0.25, -0.2) is 8.42 Å². The molecule has 0 spiro atoms. The molecule has 0 saturated carbocycles. The van der Waals surface area contributed by atoms with Gasteiger partial charge in [0.1, 0.15) is 0 Å². The van der Waals surface area contributed by atoms with Crippen molar-refractivity contribution in [2.45, 2.75) is 26.9 Å². The van der Waals surface area contributed by atoms with Gasteiger partial charge in [0, 0.05) is 37.4 Å². The second kappa shape index (κ2) is 9.55. The first kappa shape index (κ1) is 22.7. The van der Waals surface area contributed by atoms with Crippen LogP contribution in [0.4, 0.5) is 5.69 Å². The van der Waals surface area contributed by atoms with Crippen molar-refractivity contribution in [3.63, 3.8) is 0 Å². The van der Waals surface area contributed by atoms with Gasteiger partial charge < -0.3 is 15.4 Å². The van der Waals surface area contributed by atoms with Gasteiger partial charge in [-0.15, -0.1) is 12.4 Å². The predicted octanol–water partition coefficient (Wildman–Crippen LogP) is 1.51. The molecule has 0 radical (unpaired) electrons. The zero-order chi connectivity index (χ0) is 18.6. The number of nitrogens with two attached hydrogens (primary N) is 1. The number of rotatable bonds is 6. The van der Waals surface area contributed by atoms with Crippen molar-refractivity contribution in [3.05, 3.63) is 29.3 Å². The van der Waals surface area contributed by atoms with Crippen LogP contribution in [0.5, 0.6) is 0 Å². The maximum atomic E-state index is 12.7. The Morgan fingerprint density at radius 3 is 2.42 bits per heavy atom. The molecule has 26 heavy (non-hydrogen) atoms. The minimum absolute atomic E-state index is 0. The van der Waals surface area contributed by atoms with E-state index in [1.54, 1.807) is 17.0 Å². The Labute approximate surface area is 161 Å². The van der Waals surface area contributed by atoms with Crippen LogP contribution >= 0.6 is 12.4 Å². The highest BCUT2D eigenvalue weighted by atomic mass is 35.5. The van der Waals surface area contributed by atoms with Crippen molar-refractivity contribution >= 4 is 34.0 Å². The summed E-state index contributed by atoms with van der Waals surface area (Å²) in [7, 11) is -3.36. The number of benzene rings is 1. The lowest BCUT2D eigenvalue weighted by atomic mass is 10.1. The average Bonchev–Trinajstić information content (AvgIpc) is 2.56. The van der Waals surface area contributed by atoms with Crippen LogP contribution in [0.3, 0.4) is 0 Å². The highest BCUT2D eigenvalue weighted by Gasteiger charge is 2.29. The van der Waals surface area contributed by atoms with Crippen molar-refractivity contribution < 1.29 is 17.9 Å². The largest absolute Gasteiger partial charge is 0.399 e. The quantitative estimate of drug-likeness (QED) is 0.724. The highest BCUT2D eigenvalue weighted by molar-refractivity contribution is 7.89. The van der Waals surface area contributed by atoms with E-state index in [1.807, 2.05) is 26.8 Å². The first-order chi connectivity index (χ1) is 11.7. The van der Waals surface area contributed by atoms with Crippen LogP contribution in [0.25, 0.3) is 0 Å². The number of sulfonamides is 1. The van der Waals surface area contributed by atoms with Crippen LogP contribution < -0.4 is 5.73 Å².